The summed E-state index contributed by atoms with van der Waals surface area (Å²) >= 11 is 0. The molecule has 0 unspecified atom stereocenters. The van der Waals surface area contributed by atoms with Crippen molar-refractivity contribution in [1.29, 1.82) is 0 Å². The molecule has 0 bridgehead atoms. The van der Waals surface area contributed by atoms with Crippen LogP contribution < -0.4 is 0 Å². The highest BCUT2D eigenvalue weighted by Crippen LogP contribution is 2.27. The molecule has 0 aliphatic carbocycles. The van der Waals surface area contributed by atoms with Gasteiger partial charge in [0, 0.05) is 29.4 Å². The van der Waals surface area contributed by atoms with Crippen LogP contribution in [-0.4, -0.2) is 9.97 Å². The fourth-order valence-electron chi connectivity index (χ4n) is 1.90. The van der Waals surface area contributed by atoms with Crippen LogP contribution in [0.25, 0.3) is 22.2 Å². The molecule has 18 heavy (non-hydrogen) atoms. The Morgan fingerprint density at radius 3 is 2.61 bits per heavy atom. The molecule has 0 aliphatic rings. The zero-order chi connectivity index (χ0) is 12.5. The number of rotatable bonds is 1. The first-order chi connectivity index (χ1) is 8.75. The number of pyridine rings is 2. The standard InChI is InChI=1S/C14H8F2N2/c15-9-3-4-10(12(16)8-9)14-11-2-1-6-17-13(11)5-7-18-14/h1-8H. The van der Waals surface area contributed by atoms with Crippen LogP contribution >= 0.6 is 0 Å². The van der Waals surface area contributed by atoms with Crippen LogP contribution in [0.5, 0.6) is 0 Å². The molecular formula is C14H8F2N2. The summed E-state index contributed by atoms with van der Waals surface area (Å²) in [7, 11) is 0. The summed E-state index contributed by atoms with van der Waals surface area (Å²) in [6, 6.07) is 8.78. The Labute approximate surface area is 102 Å². The molecule has 0 saturated heterocycles. The Morgan fingerprint density at radius 2 is 1.78 bits per heavy atom. The van der Waals surface area contributed by atoms with Crippen molar-refractivity contribution in [3.63, 3.8) is 0 Å². The lowest BCUT2D eigenvalue weighted by Crippen LogP contribution is -1.91. The highest BCUT2D eigenvalue weighted by Gasteiger charge is 2.11. The number of hydrogen-bond donors (Lipinski definition) is 0. The van der Waals surface area contributed by atoms with E-state index in [9.17, 15) is 8.78 Å². The van der Waals surface area contributed by atoms with Crippen molar-refractivity contribution in [1.82, 2.24) is 9.97 Å². The molecule has 0 amide bonds. The van der Waals surface area contributed by atoms with Crippen LogP contribution in [0.4, 0.5) is 8.78 Å². The van der Waals surface area contributed by atoms with Gasteiger partial charge in [-0.2, -0.15) is 0 Å². The minimum Gasteiger partial charge on any atom is -0.256 e. The summed E-state index contributed by atoms with van der Waals surface area (Å²) in [5, 5.41) is 0.741. The Hall–Kier alpha value is -2.36. The smallest absolute Gasteiger partial charge is 0.135 e. The lowest BCUT2D eigenvalue weighted by Gasteiger charge is -2.06. The van der Waals surface area contributed by atoms with Gasteiger partial charge in [0.15, 0.2) is 0 Å². The Balaban J connectivity index is 2.31. The average Bonchev–Trinajstić information content (AvgIpc) is 2.38. The summed E-state index contributed by atoms with van der Waals surface area (Å²) in [6.45, 7) is 0. The van der Waals surface area contributed by atoms with Gasteiger partial charge in [-0.05, 0) is 30.3 Å². The third-order valence-electron chi connectivity index (χ3n) is 2.72. The van der Waals surface area contributed by atoms with E-state index < -0.39 is 11.6 Å². The molecule has 0 aliphatic heterocycles. The maximum atomic E-state index is 13.8. The first-order valence-corrected chi connectivity index (χ1v) is 5.41. The van der Waals surface area contributed by atoms with E-state index in [0.29, 0.717) is 5.69 Å². The molecule has 2 aromatic heterocycles. The fourth-order valence-corrected chi connectivity index (χ4v) is 1.90. The normalized spacial score (nSPS) is 10.8. The van der Waals surface area contributed by atoms with Gasteiger partial charge in [-0.25, -0.2) is 8.78 Å². The molecular weight excluding hydrogens is 234 g/mol. The number of benzene rings is 1. The fraction of sp³-hybridized carbons (Fsp3) is 0. The van der Waals surface area contributed by atoms with E-state index in [1.54, 1.807) is 24.5 Å². The van der Waals surface area contributed by atoms with Crippen molar-refractivity contribution >= 4 is 10.9 Å². The summed E-state index contributed by atoms with van der Waals surface area (Å²) in [4.78, 5) is 8.34. The van der Waals surface area contributed by atoms with Crippen LogP contribution in [0.15, 0.2) is 48.8 Å². The third-order valence-corrected chi connectivity index (χ3v) is 2.72. The van der Waals surface area contributed by atoms with Gasteiger partial charge < -0.3 is 0 Å². The van der Waals surface area contributed by atoms with Gasteiger partial charge in [0.05, 0.1) is 11.2 Å². The molecule has 0 atom stereocenters. The topological polar surface area (TPSA) is 25.8 Å². The van der Waals surface area contributed by atoms with Gasteiger partial charge in [-0.3, -0.25) is 9.97 Å². The SMILES string of the molecule is Fc1ccc(-c2nccc3ncccc23)c(F)c1. The van der Waals surface area contributed by atoms with Gasteiger partial charge in [0.25, 0.3) is 0 Å². The molecule has 0 spiro atoms. The quantitative estimate of drug-likeness (QED) is 0.651. The predicted octanol–water partition coefficient (Wildman–Crippen LogP) is 3.58. The van der Waals surface area contributed by atoms with Crippen LogP contribution in [0, 0.1) is 11.6 Å². The van der Waals surface area contributed by atoms with Crippen LogP contribution in [-0.2, 0) is 0 Å². The van der Waals surface area contributed by atoms with Crippen molar-refractivity contribution < 1.29 is 8.78 Å². The van der Waals surface area contributed by atoms with E-state index in [0.717, 1.165) is 17.0 Å². The summed E-state index contributed by atoms with van der Waals surface area (Å²) in [6.07, 6.45) is 3.22. The molecule has 2 nitrogen and oxygen atoms in total. The third kappa shape index (κ3) is 1.72. The molecule has 88 valence electrons. The Kier molecular flexibility index (Phi) is 2.48. The minimum absolute atomic E-state index is 0.273. The van der Waals surface area contributed by atoms with Crippen LogP contribution in [0.3, 0.4) is 0 Å². The highest BCUT2D eigenvalue weighted by molar-refractivity contribution is 5.92. The lowest BCUT2D eigenvalue weighted by atomic mass is 10.1. The highest BCUT2D eigenvalue weighted by atomic mass is 19.1. The van der Waals surface area contributed by atoms with Gasteiger partial charge in [0.1, 0.15) is 11.6 Å². The van der Waals surface area contributed by atoms with Crippen molar-refractivity contribution in [3.05, 3.63) is 60.4 Å². The number of aromatic nitrogens is 2. The monoisotopic (exact) mass is 242 g/mol. The molecule has 1 aromatic carbocycles. The van der Waals surface area contributed by atoms with Gasteiger partial charge in [-0.1, -0.05) is 0 Å². The first kappa shape index (κ1) is 10.8. The van der Waals surface area contributed by atoms with Gasteiger partial charge >= 0.3 is 0 Å². The lowest BCUT2D eigenvalue weighted by molar-refractivity contribution is 0.585. The molecule has 4 heteroatoms. The van der Waals surface area contributed by atoms with Crippen molar-refractivity contribution in [2.45, 2.75) is 0 Å². The largest absolute Gasteiger partial charge is 0.256 e. The van der Waals surface area contributed by atoms with E-state index in [4.69, 9.17) is 0 Å². The van der Waals surface area contributed by atoms with Gasteiger partial charge in [-0.15, -0.1) is 0 Å². The molecule has 0 radical (unpaired) electrons. The van der Waals surface area contributed by atoms with E-state index in [-0.39, 0.29) is 5.56 Å². The number of halogens is 2. The molecule has 0 fully saturated rings. The summed E-state index contributed by atoms with van der Waals surface area (Å²) in [5.74, 6) is -1.23. The average molecular weight is 242 g/mol. The zero-order valence-electron chi connectivity index (χ0n) is 9.27. The molecule has 3 aromatic rings. The van der Waals surface area contributed by atoms with Crippen molar-refractivity contribution in [2.75, 3.05) is 0 Å². The van der Waals surface area contributed by atoms with E-state index in [1.807, 2.05) is 6.07 Å². The molecule has 0 N–H and O–H groups in total. The van der Waals surface area contributed by atoms with E-state index in [1.165, 1.54) is 12.1 Å². The Morgan fingerprint density at radius 1 is 0.889 bits per heavy atom. The van der Waals surface area contributed by atoms with E-state index in [2.05, 4.69) is 9.97 Å². The second-order valence-electron chi connectivity index (χ2n) is 3.85. The van der Waals surface area contributed by atoms with Crippen molar-refractivity contribution in [3.8, 4) is 11.3 Å². The summed E-state index contributed by atoms with van der Waals surface area (Å²) < 4.78 is 26.7. The van der Waals surface area contributed by atoms with Crippen LogP contribution in [0.2, 0.25) is 0 Å². The zero-order valence-corrected chi connectivity index (χ0v) is 9.27. The van der Waals surface area contributed by atoms with Gasteiger partial charge in [0.2, 0.25) is 0 Å². The molecule has 3 rings (SSSR count). The van der Waals surface area contributed by atoms with E-state index >= 15 is 0 Å². The maximum absolute atomic E-state index is 13.8. The second kappa shape index (κ2) is 4.14. The molecule has 0 saturated carbocycles. The second-order valence-corrected chi connectivity index (χ2v) is 3.85. The summed E-state index contributed by atoms with van der Waals surface area (Å²) in [5.41, 5.74) is 1.47. The first-order valence-electron chi connectivity index (χ1n) is 5.41. The predicted molar refractivity (Wildman–Crippen MR) is 64.9 cm³/mol. The van der Waals surface area contributed by atoms with Crippen LogP contribution in [0.1, 0.15) is 0 Å². The number of nitrogens with zero attached hydrogens (tertiary/aromatic N) is 2. The molecule has 2 heterocycles. The minimum atomic E-state index is -0.626. The maximum Gasteiger partial charge on any atom is 0.135 e. The Bertz CT molecular complexity index is 721. The number of hydrogen-bond acceptors (Lipinski definition) is 2. The number of fused-ring (bicyclic) bond motifs is 1. The van der Waals surface area contributed by atoms with Crippen molar-refractivity contribution in [2.24, 2.45) is 0 Å².